The first-order valence-corrected chi connectivity index (χ1v) is 11.1. The van der Waals surface area contributed by atoms with E-state index in [-0.39, 0.29) is 5.78 Å². The topological polar surface area (TPSA) is 81.4 Å². The molecule has 0 radical (unpaired) electrons. The Labute approximate surface area is 191 Å². The molecule has 0 aliphatic carbocycles. The van der Waals surface area contributed by atoms with E-state index < -0.39 is 0 Å². The van der Waals surface area contributed by atoms with E-state index in [1.807, 2.05) is 42.5 Å². The maximum Gasteiger partial charge on any atom is 0.204 e. The molecule has 0 spiro atoms. The maximum atomic E-state index is 12.3. The smallest absolute Gasteiger partial charge is 0.204 e. The van der Waals surface area contributed by atoms with Gasteiger partial charge in [-0.15, -0.1) is 10.2 Å². The molecular weight excluding hydrogens is 426 g/mol. The van der Waals surface area contributed by atoms with Gasteiger partial charge in [-0.3, -0.25) is 9.20 Å². The zero-order valence-corrected chi connectivity index (χ0v) is 19.2. The van der Waals surface area contributed by atoms with E-state index in [4.69, 9.17) is 21.3 Å². The molecule has 2 aromatic carbocycles. The van der Waals surface area contributed by atoms with Gasteiger partial charge in [0.1, 0.15) is 11.6 Å². The first-order valence-electron chi connectivity index (χ1n) is 10.7. The van der Waals surface area contributed by atoms with Crippen molar-refractivity contribution in [3.05, 3.63) is 58.4 Å². The number of fused-ring (bicyclic) bond motifs is 3. The van der Waals surface area contributed by atoms with Gasteiger partial charge in [0.25, 0.3) is 0 Å². The van der Waals surface area contributed by atoms with Crippen LogP contribution in [0.2, 0.25) is 5.02 Å². The van der Waals surface area contributed by atoms with Crippen LogP contribution in [-0.4, -0.2) is 39.0 Å². The molecular formula is C24H26ClN5O2. The molecule has 7 nitrogen and oxygen atoms in total. The molecule has 1 N–H and O–H groups in total. The number of Topliss-reactive ketones (excluding diaryl/α,β-unsaturated/α-hetero) is 1. The standard InChI is InChI=1S/C24H26ClN5O2/c1-15-13-20-19(14-22(15)32-3)27-23(24-29-28-16(2)30(20)24)26-12-8-4-5-11-21(31)17-9-6-7-10-18(17)25/h6-7,9-10,13-14H,4-5,8,11-12H2,1-3H3,(H,26,27). The minimum absolute atomic E-state index is 0.0876. The van der Waals surface area contributed by atoms with Crippen molar-refractivity contribution >= 4 is 39.9 Å². The minimum Gasteiger partial charge on any atom is -0.496 e. The van der Waals surface area contributed by atoms with E-state index >= 15 is 0 Å². The zero-order chi connectivity index (χ0) is 22.7. The van der Waals surface area contributed by atoms with Crippen LogP contribution >= 0.6 is 11.6 Å². The van der Waals surface area contributed by atoms with Crippen molar-refractivity contribution in [2.75, 3.05) is 19.0 Å². The number of ether oxygens (including phenoxy) is 1. The molecule has 0 amide bonds. The number of hydrogen-bond donors (Lipinski definition) is 1. The lowest BCUT2D eigenvalue weighted by molar-refractivity contribution is 0.0979. The highest BCUT2D eigenvalue weighted by Crippen LogP contribution is 2.28. The molecule has 0 saturated carbocycles. The predicted octanol–water partition coefficient (Wildman–Crippen LogP) is 5.41. The van der Waals surface area contributed by atoms with Crippen LogP contribution in [0.3, 0.4) is 0 Å². The summed E-state index contributed by atoms with van der Waals surface area (Å²) < 4.78 is 7.48. The Morgan fingerprint density at radius 2 is 1.94 bits per heavy atom. The molecule has 0 fully saturated rings. The molecule has 0 aliphatic rings. The maximum absolute atomic E-state index is 12.3. The molecule has 0 bridgehead atoms. The van der Waals surface area contributed by atoms with Gasteiger partial charge in [-0.2, -0.15) is 0 Å². The number of benzene rings is 2. The summed E-state index contributed by atoms with van der Waals surface area (Å²) in [6, 6.07) is 11.2. The highest BCUT2D eigenvalue weighted by atomic mass is 35.5. The van der Waals surface area contributed by atoms with Crippen LogP contribution in [0.25, 0.3) is 16.7 Å². The Balaban J connectivity index is 1.40. The third-order valence-corrected chi connectivity index (χ3v) is 5.88. The molecule has 0 saturated heterocycles. The van der Waals surface area contributed by atoms with E-state index in [0.717, 1.165) is 54.0 Å². The normalized spacial score (nSPS) is 11.2. The van der Waals surface area contributed by atoms with Crippen LogP contribution in [0.4, 0.5) is 5.82 Å². The Kier molecular flexibility index (Phi) is 6.55. The molecule has 0 unspecified atom stereocenters. The number of nitrogens with zero attached hydrogens (tertiary/aromatic N) is 4. The molecule has 4 rings (SSSR count). The fourth-order valence-electron chi connectivity index (χ4n) is 3.86. The summed E-state index contributed by atoms with van der Waals surface area (Å²) in [5.74, 6) is 2.38. The van der Waals surface area contributed by atoms with Gasteiger partial charge in [0, 0.05) is 24.6 Å². The van der Waals surface area contributed by atoms with Gasteiger partial charge >= 0.3 is 0 Å². The van der Waals surface area contributed by atoms with Crippen LogP contribution in [-0.2, 0) is 0 Å². The molecule has 0 aliphatic heterocycles. The summed E-state index contributed by atoms with van der Waals surface area (Å²) in [6.45, 7) is 4.66. The molecule has 32 heavy (non-hydrogen) atoms. The quantitative estimate of drug-likeness (QED) is 0.270. The van der Waals surface area contributed by atoms with Gasteiger partial charge in [0.05, 0.1) is 23.2 Å². The SMILES string of the molecule is COc1cc2nc(NCCCCCC(=O)c3ccccc3Cl)c3nnc(C)n3c2cc1C. The lowest BCUT2D eigenvalue weighted by Gasteiger charge is -2.12. The summed E-state index contributed by atoms with van der Waals surface area (Å²) in [5.41, 5.74) is 4.10. The first-order chi connectivity index (χ1) is 15.5. The zero-order valence-electron chi connectivity index (χ0n) is 18.5. The Morgan fingerprint density at radius 3 is 2.72 bits per heavy atom. The summed E-state index contributed by atoms with van der Waals surface area (Å²) in [6.07, 6.45) is 3.13. The Hall–Kier alpha value is -3.19. The van der Waals surface area contributed by atoms with Gasteiger partial charge in [-0.25, -0.2) is 4.98 Å². The van der Waals surface area contributed by atoms with Crippen molar-refractivity contribution in [1.82, 2.24) is 19.6 Å². The number of rotatable bonds is 9. The second-order valence-corrected chi connectivity index (χ2v) is 8.22. The summed E-state index contributed by atoms with van der Waals surface area (Å²) in [4.78, 5) is 17.1. The molecule has 2 heterocycles. The highest BCUT2D eigenvalue weighted by molar-refractivity contribution is 6.33. The van der Waals surface area contributed by atoms with Crippen LogP contribution < -0.4 is 10.1 Å². The van der Waals surface area contributed by atoms with E-state index in [1.165, 1.54) is 0 Å². The van der Waals surface area contributed by atoms with Crippen molar-refractivity contribution in [2.45, 2.75) is 39.5 Å². The number of carbonyl (C=O) groups excluding carboxylic acids is 1. The number of anilines is 1. The van der Waals surface area contributed by atoms with E-state index in [2.05, 4.69) is 15.5 Å². The van der Waals surface area contributed by atoms with Crippen molar-refractivity contribution in [2.24, 2.45) is 0 Å². The third kappa shape index (κ3) is 4.39. The monoisotopic (exact) mass is 451 g/mol. The lowest BCUT2D eigenvalue weighted by atomic mass is 10.0. The Morgan fingerprint density at radius 1 is 1.12 bits per heavy atom. The van der Waals surface area contributed by atoms with Gasteiger partial charge in [-0.1, -0.05) is 30.2 Å². The molecule has 2 aromatic heterocycles. The third-order valence-electron chi connectivity index (χ3n) is 5.55. The lowest BCUT2D eigenvalue weighted by Crippen LogP contribution is -2.07. The molecule has 0 atom stereocenters. The average molecular weight is 452 g/mol. The minimum atomic E-state index is 0.0876. The molecule has 8 heteroatoms. The number of unbranched alkanes of at least 4 members (excludes halogenated alkanes) is 2. The number of halogens is 1. The average Bonchev–Trinajstić information content (AvgIpc) is 3.18. The number of aromatic nitrogens is 4. The summed E-state index contributed by atoms with van der Waals surface area (Å²) >= 11 is 6.11. The fourth-order valence-corrected chi connectivity index (χ4v) is 4.10. The number of ketones is 1. The van der Waals surface area contributed by atoms with Gasteiger partial charge in [0.2, 0.25) is 5.65 Å². The largest absolute Gasteiger partial charge is 0.496 e. The number of aryl methyl sites for hydroxylation is 2. The number of hydrogen-bond acceptors (Lipinski definition) is 6. The second kappa shape index (κ2) is 9.53. The van der Waals surface area contributed by atoms with Gasteiger partial charge in [-0.05, 0) is 50.5 Å². The van der Waals surface area contributed by atoms with Crippen LogP contribution in [0.15, 0.2) is 36.4 Å². The van der Waals surface area contributed by atoms with Crippen LogP contribution in [0.5, 0.6) is 5.75 Å². The molecule has 166 valence electrons. The van der Waals surface area contributed by atoms with Gasteiger partial charge in [0.15, 0.2) is 11.6 Å². The number of carbonyl (C=O) groups is 1. The second-order valence-electron chi connectivity index (χ2n) is 7.82. The van der Waals surface area contributed by atoms with E-state index in [9.17, 15) is 4.79 Å². The summed E-state index contributed by atoms with van der Waals surface area (Å²) in [5, 5.41) is 12.5. The predicted molar refractivity (Wildman–Crippen MR) is 127 cm³/mol. The van der Waals surface area contributed by atoms with E-state index in [0.29, 0.717) is 28.5 Å². The molecule has 4 aromatic rings. The number of nitrogens with one attached hydrogen (secondary N) is 1. The van der Waals surface area contributed by atoms with Crippen molar-refractivity contribution < 1.29 is 9.53 Å². The van der Waals surface area contributed by atoms with Crippen molar-refractivity contribution in [3.8, 4) is 5.75 Å². The van der Waals surface area contributed by atoms with Crippen molar-refractivity contribution in [3.63, 3.8) is 0 Å². The summed E-state index contributed by atoms with van der Waals surface area (Å²) in [7, 11) is 1.66. The Bertz CT molecular complexity index is 1280. The van der Waals surface area contributed by atoms with Crippen LogP contribution in [0, 0.1) is 13.8 Å². The fraction of sp³-hybridized carbons (Fsp3) is 0.333. The van der Waals surface area contributed by atoms with Crippen LogP contribution in [0.1, 0.15) is 47.4 Å². The highest BCUT2D eigenvalue weighted by Gasteiger charge is 2.15. The van der Waals surface area contributed by atoms with E-state index in [1.54, 1.807) is 19.2 Å². The van der Waals surface area contributed by atoms with Crippen molar-refractivity contribution in [1.29, 1.82) is 0 Å². The van der Waals surface area contributed by atoms with Gasteiger partial charge < -0.3 is 10.1 Å². The number of methoxy groups -OCH3 is 1. The first kappa shape index (κ1) is 22.0.